The number of thiazole rings is 1. The fourth-order valence-electron chi connectivity index (χ4n) is 2.01. The predicted octanol–water partition coefficient (Wildman–Crippen LogP) is 4.30. The molecule has 2 N–H and O–H groups in total. The van der Waals surface area contributed by atoms with Crippen molar-refractivity contribution in [1.29, 1.82) is 0 Å². The fourth-order valence-corrected chi connectivity index (χ4v) is 2.74. The average Bonchev–Trinajstić information content (AvgIpc) is 2.99. The Labute approximate surface area is 127 Å². The van der Waals surface area contributed by atoms with Crippen molar-refractivity contribution in [3.05, 3.63) is 53.7 Å². The van der Waals surface area contributed by atoms with Gasteiger partial charge in [0, 0.05) is 41.8 Å². The summed E-state index contributed by atoms with van der Waals surface area (Å²) in [7, 11) is 1.92. The quantitative estimate of drug-likeness (QED) is 0.753. The van der Waals surface area contributed by atoms with Crippen LogP contribution in [-0.4, -0.2) is 17.0 Å². The third-order valence-electron chi connectivity index (χ3n) is 3.23. The van der Waals surface area contributed by atoms with Gasteiger partial charge in [0.15, 0.2) is 5.13 Å². The van der Waals surface area contributed by atoms with Crippen LogP contribution in [0.2, 0.25) is 0 Å². The summed E-state index contributed by atoms with van der Waals surface area (Å²) >= 11 is 1.59. The van der Waals surface area contributed by atoms with Crippen molar-refractivity contribution >= 4 is 27.8 Å². The summed E-state index contributed by atoms with van der Waals surface area (Å²) in [5.41, 5.74) is 5.30. The zero-order valence-electron chi connectivity index (χ0n) is 11.9. The van der Waals surface area contributed by atoms with Crippen LogP contribution in [0, 0.1) is 6.92 Å². The molecule has 0 radical (unpaired) electrons. The highest BCUT2D eigenvalue weighted by Gasteiger charge is 2.06. The number of aryl methyl sites for hydroxylation is 1. The molecule has 2 aromatic heterocycles. The molecule has 3 rings (SSSR count). The third-order valence-corrected chi connectivity index (χ3v) is 3.99. The Morgan fingerprint density at radius 3 is 2.86 bits per heavy atom. The molecule has 3 aromatic rings. The van der Waals surface area contributed by atoms with Crippen LogP contribution in [0.5, 0.6) is 0 Å². The van der Waals surface area contributed by atoms with Crippen LogP contribution in [0.1, 0.15) is 5.56 Å². The number of nitrogens with zero attached hydrogens (tertiary/aromatic N) is 2. The van der Waals surface area contributed by atoms with Crippen molar-refractivity contribution in [1.82, 2.24) is 9.97 Å². The smallest absolute Gasteiger partial charge is 0.187 e. The maximum Gasteiger partial charge on any atom is 0.187 e. The van der Waals surface area contributed by atoms with Gasteiger partial charge in [0.05, 0.1) is 5.69 Å². The van der Waals surface area contributed by atoms with E-state index in [0.29, 0.717) is 0 Å². The molecule has 0 spiro atoms. The lowest BCUT2D eigenvalue weighted by Gasteiger charge is -2.09. The van der Waals surface area contributed by atoms with Crippen molar-refractivity contribution in [3.63, 3.8) is 0 Å². The number of rotatable bonds is 4. The molecule has 0 saturated heterocycles. The van der Waals surface area contributed by atoms with Gasteiger partial charge >= 0.3 is 0 Å². The molecule has 2 heterocycles. The summed E-state index contributed by atoms with van der Waals surface area (Å²) in [4.78, 5) is 8.75. The normalized spacial score (nSPS) is 10.4. The summed E-state index contributed by atoms with van der Waals surface area (Å²) in [6.45, 7) is 2.08. The topological polar surface area (TPSA) is 49.8 Å². The van der Waals surface area contributed by atoms with E-state index < -0.39 is 0 Å². The van der Waals surface area contributed by atoms with Gasteiger partial charge in [-0.2, -0.15) is 0 Å². The molecule has 4 nitrogen and oxygen atoms in total. The van der Waals surface area contributed by atoms with Gasteiger partial charge in [-0.1, -0.05) is 6.07 Å². The number of pyridine rings is 1. The second-order valence-corrected chi connectivity index (χ2v) is 5.54. The Morgan fingerprint density at radius 2 is 2.10 bits per heavy atom. The SMILES string of the molecule is CNc1ccc(C)c(Nc2nc(-c3cccnc3)cs2)c1. The number of aromatic nitrogens is 2. The number of hydrogen-bond acceptors (Lipinski definition) is 5. The van der Waals surface area contributed by atoms with Crippen LogP contribution in [0.4, 0.5) is 16.5 Å². The molecule has 0 saturated carbocycles. The second kappa shape index (κ2) is 5.93. The van der Waals surface area contributed by atoms with Crippen LogP contribution in [0.3, 0.4) is 0 Å². The summed E-state index contributed by atoms with van der Waals surface area (Å²) in [6, 6.07) is 10.2. The predicted molar refractivity (Wildman–Crippen MR) is 89.4 cm³/mol. The first-order valence-corrected chi connectivity index (χ1v) is 7.55. The van der Waals surface area contributed by atoms with Gasteiger partial charge in [-0.3, -0.25) is 4.98 Å². The molecule has 0 atom stereocenters. The Bertz CT molecular complexity index is 737. The van der Waals surface area contributed by atoms with Gasteiger partial charge in [-0.25, -0.2) is 4.98 Å². The summed E-state index contributed by atoms with van der Waals surface area (Å²) < 4.78 is 0. The Kier molecular flexibility index (Phi) is 3.83. The van der Waals surface area contributed by atoms with Gasteiger partial charge in [0.25, 0.3) is 0 Å². The molecule has 0 unspecified atom stereocenters. The average molecular weight is 296 g/mol. The Balaban J connectivity index is 1.85. The molecule has 0 fully saturated rings. The van der Waals surface area contributed by atoms with Crippen LogP contribution in [0.25, 0.3) is 11.3 Å². The van der Waals surface area contributed by atoms with Gasteiger partial charge in [0.2, 0.25) is 0 Å². The van der Waals surface area contributed by atoms with Crippen LogP contribution in [0.15, 0.2) is 48.1 Å². The van der Waals surface area contributed by atoms with E-state index in [2.05, 4.69) is 45.7 Å². The van der Waals surface area contributed by atoms with Gasteiger partial charge in [-0.05, 0) is 36.8 Å². The first-order chi connectivity index (χ1) is 10.3. The molecule has 106 valence electrons. The molecule has 1 aromatic carbocycles. The number of benzene rings is 1. The molecule has 0 aliphatic rings. The highest BCUT2D eigenvalue weighted by atomic mass is 32.1. The van der Waals surface area contributed by atoms with E-state index in [9.17, 15) is 0 Å². The zero-order valence-corrected chi connectivity index (χ0v) is 12.7. The van der Waals surface area contributed by atoms with E-state index in [1.165, 1.54) is 5.56 Å². The molecule has 21 heavy (non-hydrogen) atoms. The summed E-state index contributed by atoms with van der Waals surface area (Å²) in [6.07, 6.45) is 3.59. The Morgan fingerprint density at radius 1 is 1.19 bits per heavy atom. The summed E-state index contributed by atoms with van der Waals surface area (Å²) in [5, 5.41) is 9.45. The molecule has 0 bridgehead atoms. The highest BCUT2D eigenvalue weighted by molar-refractivity contribution is 7.14. The second-order valence-electron chi connectivity index (χ2n) is 4.68. The summed E-state index contributed by atoms with van der Waals surface area (Å²) in [5.74, 6) is 0. The minimum Gasteiger partial charge on any atom is -0.388 e. The number of hydrogen-bond donors (Lipinski definition) is 2. The fraction of sp³-hybridized carbons (Fsp3) is 0.125. The molecular weight excluding hydrogens is 280 g/mol. The van der Waals surface area contributed by atoms with Gasteiger partial charge in [-0.15, -0.1) is 11.3 Å². The van der Waals surface area contributed by atoms with E-state index in [0.717, 1.165) is 27.8 Å². The van der Waals surface area contributed by atoms with Gasteiger partial charge in [0.1, 0.15) is 0 Å². The van der Waals surface area contributed by atoms with Crippen molar-refractivity contribution in [3.8, 4) is 11.3 Å². The van der Waals surface area contributed by atoms with Crippen molar-refractivity contribution in [2.75, 3.05) is 17.7 Å². The maximum atomic E-state index is 4.62. The van der Waals surface area contributed by atoms with Crippen molar-refractivity contribution < 1.29 is 0 Å². The monoisotopic (exact) mass is 296 g/mol. The van der Waals surface area contributed by atoms with E-state index in [1.807, 2.05) is 30.8 Å². The first kappa shape index (κ1) is 13.6. The first-order valence-electron chi connectivity index (χ1n) is 6.67. The van der Waals surface area contributed by atoms with Gasteiger partial charge < -0.3 is 10.6 Å². The lowest BCUT2D eigenvalue weighted by Crippen LogP contribution is -1.95. The molecule has 0 aliphatic heterocycles. The lowest BCUT2D eigenvalue weighted by molar-refractivity contribution is 1.30. The Hall–Kier alpha value is -2.40. The lowest BCUT2D eigenvalue weighted by atomic mass is 10.2. The van der Waals surface area contributed by atoms with Crippen LogP contribution < -0.4 is 10.6 Å². The van der Waals surface area contributed by atoms with E-state index in [1.54, 1.807) is 17.5 Å². The zero-order chi connectivity index (χ0) is 14.7. The van der Waals surface area contributed by atoms with Crippen LogP contribution >= 0.6 is 11.3 Å². The third kappa shape index (κ3) is 3.03. The van der Waals surface area contributed by atoms with Crippen LogP contribution in [-0.2, 0) is 0 Å². The van der Waals surface area contributed by atoms with Crippen molar-refractivity contribution in [2.24, 2.45) is 0 Å². The molecule has 0 amide bonds. The molecule has 5 heteroatoms. The molecular formula is C16H16N4S. The maximum absolute atomic E-state index is 4.62. The van der Waals surface area contributed by atoms with Crippen molar-refractivity contribution in [2.45, 2.75) is 6.92 Å². The minimum absolute atomic E-state index is 0.880. The minimum atomic E-state index is 0.880. The van der Waals surface area contributed by atoms with E-state index in [-0.39, 0.29) is 0 Å². The highest BCUT2D eigenvalue weighted by Crippen LogP contribution is 2.29. The molecule has 0 aliphatic carbocycles. The standard InChI is InChI=1S/C16H16N4S/c1-11-5-6-13(17-2)8-14(11)19-16-20-15(10-21-16)12-4-3-7-18-9-12/h3-10,17H,1-2H3,(H,19,20). The van der Waals surface area contributed by atoms with E-state index >= 15 is 0 Å². The number of nitrogens with one attached hydrogen (secondary N) is 2. The van der Waals surface area contributed by atoms with E-state index in [4.69, 9.17) is 0 Å². The largest absolute Gasteiger partial charge is 0.388 e. The number of anilines is 3.